The number of nitrogens with zero attached hydrogens (tertiary/aromatic N) is 2. The Morgan fingerprint density at radius 2 is 1.62 bits per heavy atom. The molecule has 0 N–H and O–H groups in total. The van der Waals surface area contributed by atoms with Gasteiger partial charge in [-0.1, -0.05) is 40.9 Å². The van der Waals surface area contributed by atoms with Crippen molar-refractivity contribution in [2.24, 2.45) is 0 Å². The number of Topliss-reactive ketones (excluding diaryl/α,β-unsaturated/α-hetero) is 1. The molecule has 7 nitrogen and oxygen atoms in total. The number of esters is 1. The Bertz CT molecular complexity index is 906. The van der Waals surface area contributed by atoms with Crippen LogP contribution in [0.2, 0.25) is 0 Å². The van der Waals surface area contributed by atoms with Crippen molar-refractivity contribution in [1.29, 1.82) is 0 Å². The van der Waals surface area contributed by atoms with Crippen LogP contribution >= 0.6 is 15.9 Å². The van der Waals surface area contributed by atoms with Gasteiger partial charge in [-0.25, -0.2) is 4.79 Å². The van der Waals surface area contributed by atoms with Crippen molar-refractivity contribution < 1.29 is 19.2 Å². The molecule has 2 aromatic carbocycles. The van der Waals surface area contributed by atoms with Crippen LogP contribution in [0.15, 0.2) is 46.9 Å². The van der Waals surface area contributed by atoms with Gasteiger partial charge in [0.15, 0.2) is 12.4 Å². The molecule has 0 aliphatic carbocycles. The van der Waals surface area contributed by atoms with E-state index in [0.29, 0.717) is 11.3 Å². The lowest BCUT2D eigenvalue weighted by atomic mass is 10.1. The second-order valence-corrected chi connectivity index (χ2v) is 7.78. The minimum Gasteiger partial charge on any atom is -0.454 e. The molecule has 1 aliphatic heterocycles. The number of halogens is 1. The SMILES string of the molecule is O=C(COC(=O)c1ccc(N2CCCCCC2)c([N+](=O)[O-])c1)c1ccc(Br)cc1. The van der Waals surface area contributed by atoms with E-state index in [-0.39, 0.29) is 17.0 Å². The van der Waals surface area contributed by atoms with Gasteiger partial charge in [0.25, 0.3) is 5.69 Å². The number of hydrogen-bond donors (Lipinski definition) is 0. The standard InChI is InChI=1S/C21H21BrN2O5/c22-17-8-5-15(6-9-17)20(25)14-29-21(26)16-7-10-18(19(13-16)24(27)28)23-11-3-1-2-4-12-23/h5-10,13H,1-4,11-12,14H2. The van der Waals surface area contributed by atoms with E-state index in [0.717, 1.165) is 43.2 Å². The number of nitro benzene ring substituents is 1. The molecular weight excluding hydrogens is 440 g/mol. The van der Waals surface area contributed by atoms with Gasteiger partial charge in [-0.15, -0.1) is 0 Å². The molecule has 0 saturated carbocycles. The minimum atomic E-state index is -0.763. The van der Waals surface area contributed by atoms with Crippen molar-refractivity contribution in [1.82, 2.24) is 0 Å². The predicted octanol–water partition coefficient (Wildman–Crippen LogP) is 4.78. The van der Waals surface area contributed by atoms with Crippen LogP contribution in [0.25, 0.3) is 0 Å². The Kier molecular flexibility index (Phi) is 6.98. The van der Waals surface area contributed by atoms with Gasteiger partial charge in [-0.05, 0) is 37.1 Å². The van der Waals surface area contributed by atoms with Crippen LogP contribution in [-0.2, 0) is 4.74 Å². The van der Waals surface area contributed by atoms with E-state index in [1.165, 1.54) is 12.1 Å². The van der Waals surface area contributed by atoms with Crippen LogP contribution in [0.3, 0.4) is 0 Å². The van der Waals surface area contributed by atoms with Gasteiger partial charge >= 0.3 is 5.97 Å². The number of hydrogen-bond acceptors (Lipinski definition) is 6. The minimum absolute atomic E-state index is 0.0545. The summed E-state index contributed by atoms with van der Waals surface area (Å²) in [5.74, 6) is -1.11. The molecule has 2 aromatic rings. The summed E-state index contributed by atoms with van der Waals surface area (Å²) in [6.45, 7) is 1.08. The number of anilines is 1. The Morgan fingerprint density at radius 1 is 1.00 bits per heavy atom. The van der Waals surface area contributed by atoms with Crippen molar-refractivity contribution in [2.75, 3.05) is 24.6 Å². The summed E-state index contributed by atoms with van der Waals surface area (Å²) < 4.78 is 5.91. The highest BCUT2D eigenvalue weighted by molar-refractivity contribution is 9.10. The molecule has 29 heavy (non-hydrogen) atoms. The van der Waals surface area contributed by atoms with Gasteiger partial charge in [0, 0.05) is 29.2 Å². The predicted molar refractivity (Wildman–Crippen MR) is 113 cm³/mol. The van der Waals surface area contributed by atoms with E-state index in [2.05, 4.69) is 15.9 Å². The monoisotopic (exact) mass is 460 g/mol. The third-order valence-corrected chi connectivity index (χ3v) is 5.38. The molecule has 0 aromatic heterocycles. The molecule has 0 radical (unpaired) electrons. The zero-order valence-corrected chi connectivity index (χ0v) is 17.4. The molecule has 1 saturated heterocycles. The first-order chi connectivity index (χ1) is 14.0. The fourth-order valence-corrected chi connectivity index (χ4v) is 3.57. The fourth-order valence-electron chi connectivity index (χ4n) is 3.31. The van der Waals surface area contributed by atoms with E-state index in [4.69, 9.17) is 4.74 Å². The first-order valence-electron chi connectivity index (χ1n) is 9.45. The van der Waals surface area contributed by atoms with Crippen LogP contribution in [0.4, 0.5) is 11.4 Å². The topological polar surface area (TPSA) is 89.8 Å². The second-order valence-electron chi connectivity index (χ2n) is 6.87. The zero-order valence-electron chi connectivity index (χ0n) is 15.8. The van der Waals surface area contributed by atoms with Crippen molar-refractivity contribution >= 4 is 39.1 Å². The van der Waals surface area contributed by atoms with Crippen molar-refractivity contribution in [3.63, 3.8) is 0 Å². The first kappa shape index (κ1) is 21.0. The van der Waals surface area contributed by atoms with E-state index >= 15 is 0 Å². The highest BCUT2D eigenvalue weighted by Crippen LogP contribution is 2.31. The smallest absolute Gasteiger partial charge is 0.338 e. The summed E-state index contributed by atoms with van der Waals surface area (Å²) in [7, 11) is 0. The van der Waals surface area contributed by atoms with E-state index in [1.807, 2.05) is 4.90 Å². The Labute approximate surface area is 176 Å². The quantitative estimate of drug-likeness (QED) is 0.266. The van der Waals surface area contributed by atoms with Crippen LogP contribution in [0.5, 0.6) is 0 Å². The normalized spacial score (nSPS) is 14.2. The van der Waals surface area contributed by atoms with Crippen molar-refractivity contribution in [3.8, 4) is 0 Å². The largest absolute Gasteiger partial charge is 0.454 e. The maximum Gasteiger partial charge on any atom is 0.338 e. The van der Waals surface area contributed by atoms with Crippen LogP contribution in [0.1, 0.15) is 46.4 Å². The Morgan fingerprint density at radius 3 is 2.24 bits per heavy atom. The molecule has 0 bridgehead atoms. The molecule has 3 rings (SSSR count). The average Bonchev–Trinajstić information content (AvgIpc) is 3.01. The summed E-state index contributed by atoms with van der Waals surface area (Å²) in [6.07, 6.45) is 4.19. The maximum absolute atomic E-state index is 12.3. The number of nitro groups is 1. The summed E-state index contributed by atoms with van der Waals surface area (Å²) >= 11 is 3.29. The summed E-state index contributed by atoms with van der Waals surface area (Å²) in [5, 5.41) is 11.6. The maximum atomic E-state index is 12.3. The zero-order chi connectivity index (χ0) is 20.8. The molecule has 0 unspecified atom stereocenters. The van der Waals surface area contributed by atoms with Crippen molar-refractivity contribution in [3.05, 3.63) is 68.2 Å². The van der Waals surface area contributed by atoms with Crippen LogP contribution < -0.4 is 4.90 Å². The molecule has 152 valence electrons. The summed E-state index contributed by atoms with van der Waals surface area (Å²) in [6, 6.07) is 11.0. The lowest BCUT2D eigenvalue weighted by Crippen LogP contribution is -2.25. The van der Waals surface area contributed by atoms with Gasteiger partial charge in [0.05, 0.1) is 10.5 Å². The van der Waals surface area contributed by atoms with Crippen LogP contribution in [-0.4, -0.2) is 36.4 Å². The third kappa shape index (κ3) is 5.41. The highest BCUT2D eigenvalue weighted by atomic mass is 79.9. The molecule has 8 heteroatoms. The first-order valence-corrected chi connectivity index (χ1v) is 10.2. The average molecular weight is 461 g/mol. The third-order valence-electron chi connectivity index (χ3n) is 4.86. The Hall–Kier alpha value is -2.74. The fraction of sp³-hybridized carbons (Fsp3) is 0.333. The van der Waals surface area contributed by atoms with Crippen molar-refractivity contribution in [2.45, 2.75) is 25.7 Å². The number of ketones is 1. The van der Waals surface area contributed by atoms with E-state index < -0.39 is 17.5 Å². The lowest BCUT2D eigenvalue weighted by molar-refractivity contribution is -0.384. The highest BCUT2D eigenvalue weighted by Gasteiger charge is 2.23. The molecule has 1 aliphatic rings. The molecule has 1 fully saturated rings. The van der Waals surface area contributed by atoms with E-state index in [1.54, 1.807) is 30.3 Å². The number of carbonyl (C=O) groups excluding carboxylic acids is 2. The van der Waals surface area contributed by atoms with Gasteiger partial charge in [0.2, 0.25) is 0 Å². The Balaban J connectivity index is 1.71. The van der Waals surface area contributed by atoms with Gasteiger partial charge in [-0.2, -0.15) is 0 Å². The molecule has 0 spiro atoms. The van der Waals surface area contributed by atoms with Gasteiger partial charge in [-0.3, -0.25) is 14.9 Å². The molecule has 0 atom stereocenters. The second kappa shape index (κ2) is 9.65. The van der Waals surface area contributed by atoms with E-state index in [9.17, 15) is 19.7 Å². The molecular formula is C21H21BrN2O5. The summed E-state index contributed by atoms with van der Waals surface area (Å²) in [5.41, 5.74) is 0.863. The molecule has 0 amide bonds. The number of rotatable bonds is 6. The number of ether oxygens (including phenoxy) is 1. The van der Waals surface area contributed by atoms with Crippen LogP contribution in [0, 0.1) is 10.1 Å². The van der Waals surface area contributed by atoms with Gasteiger partial charge in [0.1, 0.15) is 5.69 Å². The summed E-state index contributed by atoms with van der Waals surface area (Å²) in [4.78, 5) is 37.6. The molecule has 1 heterocycles. The number of carbonyl (C=O) groups is 2. The van der Waals surface area contributed by atoms with Gasteiger partial charge < -0.3 is 9.64 Å². The number of benzene rings is 2. The lowest BCUT2D eigenvalue weighted by Gasteiger charge is -2.22.